The molecule has 2 aromatic rings. The Hall–Kier alpha value is -1.26. The number of halogens is 1. The molecule has 0 spiro atoms. The molecule has 84 valence electrons. The zero-order valence-corrected chi connectivity index (χ0v) is 10.4. The number of hydrogen-bond acceptors (Lipinski definition) is 4. The van der Waals surface area contributed by atoms with E-state index in [-0.39, 0.29) is 0 Å². The Labute approximate surface area is 103 Å². The van der Waals surface area contributed by atoms with Crippen LogP contribution in [-0.2, 0) is 6.54 Å². The van der Waals surface area contributed by atoms with E-state index in [2.05, 4.69) is 4.98 Å². The van der Waals surface area contributed by atoms with Crippen molar-refractivity contribution in [1.82, 2.24) is 4.98 Å². The highest BCUT2D eigenvalue weighted by Crippen LogP contribution is 2.25. The lowest BCUT2D eigenvalue weighted by Crippen LogP contribution is -2.18. The second kappa shape index (κ2) is 4.72. The van der Waals surface area contributed by atoms with Gasteiger partial charge in [-0.1, -0.05) is 11.6 Å². The van der Waals surface area contributed by atoms with Crippen LogP contribution in [0, 0.1) is 0 Å². The average Bonchev–Trinajstić information content (AvgIpc) is 2.64. The van der Waals surface area contributed by atoms with Crippen LogP contribution in [0.3, 0.4) is 0 Å². The quantitative estimate of drug-likeness (QED) is 0.914. The summed E-state index contributed by atoms with van der Waals surface area (Å²) in [5.74, 6) is 0.798. The van der Waals surface area contributed by atoms with Gasteiger partial charge in [0.05, 0.1) is 16.6 Å². The molecule has 5 heteroatoms. The number of thiophene rings is 1. The highest BCUT2D eigenvalue weighted by molar-refractivity contribution is 7.16. The maximum absolute atomic E-state index is 5.88. The smallest absolute Gasteiger partial charge is 0.151 e. The third-order valence-electron chi connectivity index (χ3n) is 2.20. The third kappa shape index (κ3) is 2.46. The summed E-state index contributed by atoms with van der Waals surface area (Å²) in [6, 6.07) is 7.59. The number of hydrogen-bond donors (Lipinski definition) is 1. The number of rotatable bonds is 3. The Bertz CT molecular complexity index is 484. The second-order valence-electron chi connectivity index (χ2n) is 3.48. The second-order valence-corrected chi connectivity index (χ2v) is 5.28. The van der Waals surface area contributed by atoms with E-state index in [1.54, 1.807) is 17.5 Å². The lowest BCUT2D eigenvalue weighted by atomic mass is 10.3. The topological polar surface area (TPSA) is 42.2 Å². The summed E-state index contributed by atoms with van der Waals surface area (Å²) in [6.07, 6.45) is 1.74. The fraction of sp³-hybridized carbons (Fsp3) is 0.182. The van der Waals surface area contributed by atoms with Gasteiger partial charge < -0.3 is 10.6 Å². The van der Waals surface area contributed by atoms with Crippen molar-refractivity contribution in [2.45, 2.75) is 6.54 Å². The van der Waals surface area contributed by atoms with Crippen LogP contribution in [0.2, 0.25) is 4.34 Å². The van der Waals surface area contributed by atoms with E-state index in [1.807, 2.05) is 36.2 Å². The summed E-state index contributed by atoms with van der Waals surface area (Å²) in [5, 5.41) is 0. The van der Waals surface area contributed by atoms with Crippen LogP contribution < -0.4 is 10.6 Å². The maximum Gasteiger partial charge on any atom is 0.151 e. The summed E-state index contributed by atoms with van der Waals surface area (Å²) in [5.41, 5.74) is 6.54. The summed E-state index contributed by atoms with van der Waals surface area (Å²) >= 11 is 7.45. The molecule has 3 nitrogen and oxygen atoms in total. The van der Waals surface area contributed by atoms with Crippen LogP contribution in [0.4, 0.5) is 11.5 Å². The van der Waals surface area contributed by atoms with E-state index < -0.39 is 0 Å². The van der Waals surface area contributed by atoms with Gasteiger partial charge in [0.2, 0.25) is 0 Å². The van der Waals surface area contributed by atoms with E-state index >= 15 is 0 Å². The lowest BCUT2D eigenvalue weighted by Gasteiger charge is -2.18. The van der Waals surface area contributed by atoms with Crippen LogP contribution in [0.25, 0.3) is 0 Å². The van der Waals surface area contributed by atoms with Gasteiger partial charge in [-0.15, -0.1) is 11.3 Å². The first kappa shape index (κ1) is 11.2. The van der Waals surface area contributed by atoms with E-state index in [1.165, 1.54) is 4.88 Å². The molecular weight excluding hydrogens is 242 g/mol. The van der Waals surface area contributed by atoms with E-state index in [9.17, 15) is 0 Å². The van der Waals surface area contributed by atoms with Crippen LogP contribution in [0.5, 0.6) is 0 Å². The molecule has 0 aliphatic rings. The molecule has 0 aromatic carbocycles. The molecular formula is C11H12ClN3S. The van der Waals surface area contributed by atoms with Gasteiger partial charge in [-0.3, -0.25) is 0 Å². The number of pyridine rings is 1. The Morgan fingerprint density at radius 3 is 2.88 bits per heavy atom. The minimum Gasteiger partial charge on any atom is -0.396 e. The van der Waals surface area contributed by atoms with E-state index in [0.29, 0.717) is 5.69 Å². The molecule has 0 amide bonds. The summed E-state index contributed by atoms with van der Waals surface area (Å²) < 4.78 is 0.803. The molecule has 0 saturated carbocycles. The van der Waals surface area contributed by atoms with Crippen molar-refractivity contribution in [2.75, 3.05) is 17.7 Å². The van der Waals surface area contributed by atoms with Gasteiger partial charge >= 0.3 is 0 Å². The van der Waals surface area contributed by atoms with Crippen LogP contribution in [0.15, 0.2) is 30.5 Å². The van der Waals surface area contributed by atoms with Crippen LogP contribution in [0.1, 0.15) is 4.88 Å². The minimum atomic E-state index is 0.688. The predicted molar refractivity (Wildman–Crippen MR) is 70.1 cm³/mol. The van der Waals surface area contributed by atoms with Crippen molar-refractivity contribution in [1.29, 1.82) is 0 Å². The first-order valence-electron chi connectivity index (χ1n) is 4.82. The number of anilines is 2. The Morgan fingerprint density at radius 1 is 1.44 bits per heavy atom. The van der Waals surface area contributed by atoms with Crippen molar-refractivity contribution in [3.63, 3.8) is 0 Å². The summed E-state index contributed by atoms with van der Waals surface area (Å²) in [7, 11) is 1.96. The molecule has 0 aliphatic carbocycles. The molecule has 2 aromatic heterocycles. The van der Waals surface area contributed by atoms with Crippen LogP contribution >= 0.6 is 22.9 Å². The molecule has 2 heterocycles. The third-order valence-corrected chi connectivity index (χ3v) is 3.42. The van der Waals surface area contributed by atoms with Gasteiger partial charge in [0, 0.05) is 18.1 Å². The maximum atomic E-state index is 5.88. The first-order chi connectivity index (χ1) is 7.66. The van der Waals surface area contributed by atoms with Gasteiger partial charge in [-0.25, -0.2) is 4.98 Å². The Balaban J connectivity index is 2.14. The lowest BCUT2D eigenvalue weighted by molar-refractivity contribution is 0.915. The van der Waals surface area contributed by atoms with Gasteiger partial charge in [0.15, 0.2) is 5.82 Å². The summed E-state index contributed by atoms with van der Waals surface area (Å²) in [6.45, 7) is 0.763. The van der Waals surface area contributed by atoms with Gasteiger partial charge in [-0.2, -0.15) is 0 Å². The minimum absolute atomic E-state index is 0.688. The molecule has 2 rings (SSSR count). The Kier molecular flexibility index (Phi) is 3.31. The van der Waals surface area contributed by atoms with Gasteiger partial charge in [0.1, 0.15) is 0 Å². The van der Waals surface area contributed by atoms with Gasteiger partial charge in [0.25, 0.3) is 0 Å². The zero-order chi connectivity index (χ0) is 11.5. The van der Waals surface area contributed by atoms with Crippen molar-refractivity contribution in [2.24, 2.45) is 0 Å². The van der Waals surface area contributed by atoms with Crippen LogP contribution in [-0.4, -0.2) is 12.0 Å². The van der Waals surface area contributed by atoms with Crippen molar-refractivity contribution in [3.8, 4) is 0 Å². The molecule has 0 fully saturated rings. The fourth-order valence-corrected chi connectivity index (χ4v) is 2.61. The van der Waals surface area contributed by atoms with Crippen molar-refractivity contribution in [3.05, 3.63) is 39.7 Å². The monoisotopic (exact) mass is 253 g/mol. The number of nitrogens with two attached hydrogens (primary N) is 1. The normalized spacial score (nSPS) is 10.4. The average molecular weight is 254 g/mol. The molecule has 0 atom stereocenters. The highest BCUT2D eigenvalue weighted by Gasteiger charge is 2.08. The number of nitrogens with zero attached hydrogens (tertiary/aromatic N) is 2. The van der Waals surface area contributed by atoms with E-state index in [4.69, 9.17) is 17.3 Å². The molecule has 0 saturated heterocycles. The number of nitrogen functional groups attached to an aromatic ring is 1. The predicted octanol–water partition coefficient (Wildman–Crippen LogP) is 3.02. The standard InChI is InChI=1S/C11H12ClN3S/c1-15(7-8-4-5-10(12)16-8)11-9(13)3-2-6-14-11/h2-6H,7,13H2,1H3. The van der Waals surface area contributed by atoms with Gasteiger partial charge in [-0.05, 0) is 24.3 Å². The summed E-state index contributed by atoms with van der Waals surface area (Å²) in [4.78, 5) is 7.46. The number of aromatic nitrogens is 1. The highest BCUT2D eigenvalue weighted by atomic mass is 35.5. The zero-order valence-electron chi connectivity index (χ0n) is 8.85. The molecule has 16 heavy (non-hydrogen) atoms. The van der Waals surface area contributed by atoms with Crippen molar-refractivity contribution < 1.29 is 0 Å². The molecule has 0 radical (unpaired) electrons. The fourth-order valence-electron chi connectivity index (χ4n) is 1.47. The molecule has 0 bridgehead atoms. The largest absolute Gasteiger partial charge is 0.396 e. The van der Waals surface area contributed by atoms with Crippen molar-refractivity contribution >= 4 is 34.4 Å². The molecule has 0 aliphatic heterocycles. The molecule has 2 N–H and O–H groups in total. The van der Waals surface area contributed by atoms with E-state index in [0.717, 1.165) is 16.7 Å². The SMILES string of the molecule is CN(Cc1ccc(Cl)s1)c1ncccc1N. The molecule has 0 unspecified atom stereocenters. The Morgan fingerprint density at radius 2 is 2.25 bits per heavy atom. The first-order valence-corrected chi connectivity index (χ1v) is 6.02.